The maximum atomic E-state index is 13.5. The minimum atomic E-state index is -1.37. The van der Waals surface area contributed by atoms with Crippen LogP contribution in [0.15, 0.2) is 30.3 Å². The van der Waals surface area contributed by atoms with E-state index in [0.29, 0.717) is 28.1 Å². The Balaban J connectivity index is 1.55. The molecule has 12 heteroatoms. The molecule has 3 heterocycles. The molecule has 1 unspecified atom stereocenters. The first-order chi connectivity index (χ1) is 16.7. The fourth-order valence-corrected chi connectivity index (χ4v) is 5.15. The largest absolute Gasteiger partial charge is 0.453 e. The highest BCUT2D eigenvalue weighted by atomic mass is 35.5. The summed E-state index contributed by atoms with van der Waals surface area (Å²) in [5, 5.41) is 5.68. The predicted octanol–water partition coefficient (Wildman–Crippen LogP) is 2.65. The van der Waals surface area contributed by atoms with Crippen molar-refractivity contribution in [3.63, 3.8) is 0 Å². The highest BCUT2D eigenvalue weighted by Gasteiger charge is 2.48. The lowest BCUT2D eigenvalue weighted by molar-refractivity contribution is -0.125. The van der Waals surface area contributed by atoms with E-state index >= 15 is 0 Å². The Morgan fingerprint density at radius 3 is 2.66 bits per heavy atom. The molecule has 1 aromatic heterocycles. The summed E-state index contributed by atoms with van der Waals surface area (Å²) >= 11 is 7.06. The standard InChI is InChI=1S/C23H25ClN4O6S/c1-14-11-15(3-4-16(14)28-9-10-34-12-19(28)29)25-21(31)23(7-8-27(13-23)22(32)33-2)26-20(30)17-5-6-18(24)35-17/h3-6,11H,7-10,12-13H2,1-2H3,(H,25,31)(H,26,30). The number of hydrogen-bond donors (Lipinski definition) is 2. The van der Waals surface area contributed by atoms with Crippen molar-refractivity contribution in [2.24, 2.45) is 0 Å². The third kappa shape index (κ3) is 5.26. The predicted molar refractivity (Wildman–Crippen MR) is 131 cm³/mol. The number of amides is 4. The van der Waals surface area contributed by atoms with Crippen LogP contribution in [0.5, 0.6) is 0 Å². The first kappa shape index (κ1) is 25.0. The van der Waals surface area contributed by atoms with Gasteiger partial charge in [0.2, 0.25) is 0 Å². The van der Waals surface area contributed by atoms with Crippen LogP contribution in [0.2, 0.25) is 4.34 Å². The van der Waals surface area contributed by atoms with Gasteiger partial charge in [0.15, 0.2) is 0 Å². The molecular weight excluding hydrogens is 496 g/mol. The number of nitrogens with one attached hydrogen (secondary N) is 2. The van der Waals surface area contributed by atoms with E-state index in [1.54, 1.807) is 35.2 Å². The van der Waals surface area contributed by atoms with Crippen molar-refractivity contribution in [1.29, 1.82) is 0 Å². The maximum Gasteiger partial charge on any atom is 0.409 e. The van der Waals surface area contributed by atoms with E-state index in [1.165, 1.54) is 12.0 Å². The molecule has 0 bridgehead atoms. The topological polar surface area (TPSA) is 117 Å². The van der Waals surface area contributed by atoms with Gasteiger partial charge in [-0.15, -0.1) is 11.3 Å². The molecule has 10 nitrogen and oxygen atoms in total. The first-order valence-corrected chi connectivity index (χ1v) is 12.1. The van der Waals surface area contributed by atoms with Crippen molar-refractivity contribution >= 4 is 58.1 Å². The lowest BCUT2D eigenvalue weighted by Crippen LogP contribution is -2.58. The smallest absolute Gasteiger partial charge is 0.409 e. The normalized spacial score (nSPS) is 20.0. The number of likely N-dealkylation sites (tertiary alicyclic amines) is 1. The van der Waals surface area contributed by atoms with Crippen LogP contribution in [0.4, 0.5) is 16.2 Å². The van der Waals surface area contributed by atoms with Gasteiger partial charge >= 0.3 is 6.09 Å². The van der Waals surface area contributed by atoms with Crippen LogP contribution in [0.3, 0.4) is 0 Å². The fourth-order valence-electron chi connectivity index (χ4n) is 4.21. The van der Waals surface area contributed by atoms with Crippen LogP contribution in [0.25, 0.3) is 0 Å². The minimum Gasteiger partial charge on any atom is -0.453 e. The second-order valence-corrected chi connectivity index (χ2v) is 10.1. The zero-order valence-corrected chi connectivity index (χ0v) is 20.8. The van der Waals surface area contributed by atoms with Gasteiger partial charge in [-0.3, -0.25) is 14.4 Å². The molecule has 0 saturated carbocycles. The number of anilines is 2. The Hall–Kier alpha value is -3.15. The van der Waals surface area contributed by atoms with E-state index in [4.69, 9.17) is 21.1 Å². The summed E-state index contributed by atoms with van der Waals surface area (Å²) in [7, 11) is 1.26. The highest BCUT2D eigenvalue weighted by Crippen LogP contribution is 2.29. The molecule has 2 aliphatic rings. The number of carbonyl (C=O) groups excluding carboxylic acids is 4. The van der Waals surface area contributed by atoms with Gasteiger partial charge in [0, 0.05) is 24.5 Å². The van der Waals surface area contributed by atoms with Crippen molar-refractivity contribution in [3.8, 4) is 0 Å². The zero-order chi connectivity index (χ0) is 25.2. The van der Waals surface area contributed by atoms with Gasteiger partial charge in [0.25, 0.3) is 17.7 Å². The molecule has 4 amide bonds. The number of nitrogens with zero attached hydrogens (tertiary/aromatic N) is 2. The molecule has 2 aliphatic heterocycles. The average Bonchev–Trinajstić information content (AvgIpc) is 3.47. The molecule has 0 radical (unpaired) electrons. The maximum absolute atomic E-state index is 13.5. The number of morpholine rings is 1. The van der Waals surface area contributed by atoms with Crippen LogP contribution in [0.1, 0.15) is 21.7 Å². The fraction of sp³-hybridized carbons (Fsp3) is 0.391. The van der Waals surface area contributed by atoms with Crippen LogP contribution < -0.4 is 15.5 Å². The van der Waals surface area contributed by atoms with Crippen LogP contribution in [0, 0.1) is 6.92 Å². The highest BCUT2D eigenvalue weighted by molar-refractivity contribution is 7.18. The van der Waals surface area contributed by atoms with E-state index in [-0.39, 0.29) is 32.0 Å². The summed E-state index contributed by atoms with van der Waals surface area (Å²) in [5.74, 6) is -1.05. The van der Waals surface area contributed by atoms with E-state index in [2.05, 4.69) is 10.6 Å². The van der Waals surface area contributed by atoms with Gasteiger partial charge in [-0.2, -0.15) is 0 Å². The second kappa shape index (κ2) is 10.2. The summed E-state index contributed by atoms with van der Waals surface area (Å²) in [6, 6.07) is 8.41. The quantitative estimate of drug-likeness (QED) is 0.626. The monoisotopic (exact) mass is 520 g/mol. The van der Waals surface area contributed by atoms with Crippen molar-refractivity contribution in [1.82, 2.24) is 10.2 Å². The number of rotatable bonds is 5. The molecule has 0 spiro atoms. The third-order valence-electron chi connectivity index (χ3n) is 6.02. The van der Waals surface area contributed by atoms with E-state index in [0.717, 1.165) is 22.6 Å². The van der Waals surface area contributed by atoms with Crippen LogP contribution in [-0.4, -0.2) is 74.2 Å². The lowest BCUT2D eigenvalue weighted by Gasteiger charge is -2.30. The molecule has 0 aliphatic carbocycles. The number of hydrogen-bond acceptors (Lipinski definition) is 7. The van der Waals surface area contributed by atoms with E-state index in [9.17, 15) is 19.2 Å². The third-order valence-corrected chi connectivity index (χ3v) is 7.25. The lowest BCUT2D eigenvalue weighted by atomic mass is 9.96. The number of methoxy groups -OCH3 is 1. The van der Waals surface area contributed by atoms with Gasteiger partial charge in [0.1, 0.15) is 12.1 Å². The summed E-state index contributed by atoms with van der Waals surface area (Å²) in [4.78, 5) is 54.1. The molecule has 1 atom stereocenters. The molecule has 2 fully saturated rings. The van der Waals surface area contributed by atoms with Crippen molar-refractivity contribution < 1.29 is 28.7 Å². The SMILES string of the molecule is COC(=O)N1CCC(NC(=O)c2ccc(Cl)s2)(C(=O)Nc2ccc(N3CCOCC3=O)c(C)c2)C1. The number of thiophene rings is 1. The molecular formula is C23H25ClN4O6S. The number of carbonyl (C=O) groups is 4. The Morgan fingerprint density at radius 2 is 2.00 bits per heavy atom. The number of aryl methyl sites for hydroxylation is 1. The van der Waals surface area contributed by atoms with Gasteiger partial charge in [-0.05, 0) is 49.2 Å². The Bertz CT molecular complexity index is 1170. The molecule has 186 valence electrons. The molecule has 2 N–H and O–H groups in total. The molecule has 1 aromatic carbocycles. The number of benzene rings is 1. The molecule has 2 saturated heterocycles. The van der Waals surface area contributed by atoms with Crippen LogP contribution in [-0.2, 0) is 19.1 Å². The first-order valence-electron chi connectivity index (χ1n) is 10.9. The van der Waals surface area contributed by atoms with Gasteiger partial charge in [-0.25, -0.2) is 4.79 Å². The Labute approximate surface area is 211 Å². The Kier molecular flexibility index (Phi) is 7.29. The van der Waals surface area contributed by atoms with Gasteiger partial charge in [0.05, 0.1) is 29.5 Å². The van der Waals surface area contributed by atoms with Crippen molar-refractivity contribution in [2.75, 3.05) is 50.2 Å². The molecule has 2 aromatic rings. The summed E-state index contributed by atoms with van der Waals surface area (Å²) in [6.07, 6.45) is -0.374. The van der Waals surface area contributed by atoms with Gasteiger partial charge < -0.3 is 29.9 Å². The minimum absolute atomic E-state index is 0.0340. The number of ether oxygens (including phenoxy) is 2. The number of halogens is 1. The van der Waals surface area contributed by atoms with Crippen molar-refractivity contribution in [2.45, 2.75) is 18.9 Å². The summed E-state index contributed by atoms with van der Waals surface area (Å²) in [5.41, 5.74) is 0.675. The van der Waals surface area contributed by atoms with E-state index < -0.39 is 23.4 Å². The summed E-state index contributed by atoms with van der Waals surface area (Å²) < 4.78 is 10.4. The zero-order valence-electron chi connectivity index (χ0n) is 19.3. The van der Waals surface area contributed by atoms with E-state index in [1.807, 2.05) is 6.92 Å². The summed E-state index contributed by atoms with van der Waals surface area (Å²) in [6.45, 7) is 2.99. The molecule has 4 rings (SSSR count). The second-order valence-electron chi connectivity index (χ2n) is 8.33. The van der Waals surface area contributed by atoms with Gasteiger partial charge in [-0.1, -0.05) is 11.6 Å². The average molecular weight is 521 g/mol. The molecule has 35 heavy (non-hydrogen) atoms. The Morgan fingerprint density at radius 1 is 1.20 bits per heavy atom. The van der Waals surface area contributed by atoms with Crippen LogP contribution >= 0.6 is 22.9 Å². The van der Waals surface area contributed by atoms with Crippen molar-refractivity contribution in [3.05, 3.63) is 45.1 Å².